The highest BCUT2D eigenvalue weighted by Crippen LogP contribution is 2.09. The number of amides is 1. The molecule has 5 N–H and O–H groups in total. The number of thiocarbonyl (C=S) groups is 1. The normalized spacial score (nSPS) is 11.2. The second-order valence-electron chi connectivity index (χ2n) is 4.64. The van der Waals surface area contributed by atoms with Crippen molar-refractivity contribution in [3.8, 4) is 0 Å². The second-order valence-corrected chi connectivity index (χ2v) is 6.89. The van der Waals surface area contributed by atoms with Gasteiger partial charge in [0.2, 0.25) is 15.9 Å². The number of sulfonamides is 1. The average Bonchev–Trinajstić information content (AvgIpc) is 2.37. The number of rotatable bonds is 9. The lowest BCUT2D eigenvalue weighted by atomic mass is 10.1. The highest BCUT2D eigenvalue weighted by Gasteiger charge is 2.11. The average molecular weight is 329 g/mol. The van der Waals surface area contributed by atoms with Crippen LogP contribution in [0.15, 0.2) is 24.3 Å². The Morgan fingerprint density at radius 1 is 1.24 bits per heavy atom. The van der Waals surface area contributed by atoms with Crippen molar-refractivity contribution in [3.05, 3.63) is 35.4 Å². The lowest BCUT2D eigenvalue weighted by Crippen LogP contribution is -2.26. The Labute approximate surface area is 129 Å². The molecular formula is C13H19N3O3S2. The van der Waals surface area contributed by atoms with Crippen LogP contribution in [0.1, 0.15) is 30.4 Å². The number of nitrogens with two attached hydrogens (primary N) is 2. The minimum absolute atomic E-state index is 0.140. The SMILES string of the molecule is NC(=O)CCCCNS(=O)(=O)Cc1cccc(C(N)=S)c1. The summed E-state index contributed by atoms with van der Waals surface area (Å²) in [6.07, 6.45) is 1.39. The van der Waals surface area contributed by atoms with Crippen LogP contribution in [0.2, 0.25) is 0 Å². The number of carbonyl (C=O) groups is 1. The third-order valence-electron chi connectivity index (χ3n) is 2.74. The third kappa shape index (κ3) is 7.16. The number of hydrogen-bond donors (Lipinski definition) is 3. The fourth-order valence-corrected chi connectivity index (χ4v) is 3.04. The Hall–Kier alpha value is -1.51. The Balaban J connectivity index is 2.50. The quantitative estimate of drug-likeness (QED) is 0.448. The monoisotopic (exact) mass is 329 g/mol. The van der Waals surface area contributed by atoms with E-state index in [9.17, 15) is 13.2 Å². The molecule has 0 saturated heterocycles. The minimum atomic E-state index is -3.43. The van der Waals surface area contributed by atoms with Gasteiger partial charge in [0.15, 0.2) is 0 Å². The number of nitrogens with one attached hydrogen (secondary N) is 1. The second kappa shape index (κ2) is 8.06. The smallest absolute Gasteiger partial charge is 0.217 e. The summed E-state index contributed by atoms with van der Waals surface area (Å²) in [6, 6.07) is 6.81. The Morgan fingerprint density at radius 2 is 1.95 bits per heavy atom. The van der Waals surface area contributed by atoms with Gasteiger partial charge in [-0.3, -0.25) is 4.79 Å². The Morgan fingerprint density at radius 3 is 2.57 bits per heavy atom. The van der Waals surface area contributed by atoms with Crippen molar-refractivity contribution in [3.63, 3.8) is 0 Å². The van der Waals surface area contributed by atoms with Gasteiger partial charge in [0.05, 0.1) is 5.75 Å². The van der Waals surface area contributed by atoms with E-state index >= 15 is 0 Å². The maximum absolute atomic E-state index is 11.9. The highest BCUT2D eigenvalue weighted by atomic mass is 32.2. The van der Waals surface area contributed by atoms with Gasteiger partial charge in [0.1, 0.15) is 4.99 Å². The van der Waals surface area contributed by atoms with Gasteiger partial charge < -0.3 is 11.5 Å². The largest absolute Gasteiger partial charge is 0.389 e. The van der Waals surface area contributed by atoms with Crippen molar-refractivity contribution in [2.24, 2.45) is 11.5 Å². The zero-order valence-corrected chi connectivity index (χ0v) is 13.2. The summed E-state index contributed by atoms with van der Waals surface area (Å²) in [4.78, 5) is 10.8. The van der Waals surface area contributed by atoms with Crippen LogP contribution >= 0.6 is 12.2 Å². The molecule has 0 saturated carbocycles. The molecule has 21 heavy (non-hydrogen) atoms. The van der Waals surface area contributed by atoms with Gasteiger partial charge >= 0.3 is 0 Å². The Kier molecular flexibility index (Phi) is 6.73. The van der Waals surface area contributed by atoms with Gasteiger partial charge in [-0.05, 0) is 24.5 Å². The molecule has 0 aromatic heterocycles. The predicted octanol–water partition coefficient (Wildman–Crippen LogP) is 0.396. The van der Waals surface area contributed by atoms with Gasteiger partial charge in [-0.1, -0.05) is 30.4 Å². The van der Waals surface area contributed by atoms with Crippen LogP contribution in [0.3, 0.4) is 0 Å². The first kappa shape index (κ1) is 17.5. The number of hydrogen-bond acceptors (Lipinski definition) is 4. The maximum Gasteiger partial charge on any atom is 0.217 e. The summed E-state index contributed by atoms with van der Waals surface area (Å²) < 4.78 is 26.3. The van der Waals surface area contributed by atoms with Crippen LogP contribution in [-0.2, 0) is 20.6 Å². The van der Waals surface area contributed by atoms with Crippen molar-refractivity contribution >= 4 is 33.1 Å². The molecule has 1 aromatic rings. The molecule has 0 fully saturated rings. The van der Waals surface area contributed by atoms with Gasteiger partial charge in [0.25, 0.3) is 0 Å². The lowest BCUT2D eigenvalue weighted by Gasteiger charge is -2.07. The van der Waals surface area contributed by atoms with Gasteiger partial charge in [0, 0.05) is 18.5 Å². The number of primary amides is 1. The topological polar surface area (TPSA) is 115 Å². The van der Waals surface area contributed by atoms with Crippen LogP contribution in [0.4, 0.5) is 0 Å². The molecule has 6 nitrogen and oxygen atoms in total. The van der Waals surface area contributed by atoms with Gasteiger partial charge in [-0.2, -0.15) is 0 Å². The van der Waals surface area contributed by atoms with Crippen molar-refractivity contribution in [2.75, 3.05) is 6.54 Å². The summed E-state index contributed by atoms with van der Waals surface area (Å²) in [5.74, 6) is -0.522. The molecule has 1 amide bonds. The molecule has 0 aliphatic carbocycles. The number of carbonyl (C=O) groups excluding carboxylic acids is 1. The molecule has 0 unspecified atom stereocenters. The summed E-state index contributed by atoms with van der Waals surface area (Å²) in [5, 5.41) is 0. The fourth-order valence-electron chi connectivity index (χ4n) is 1.74. The predicted molar refractivity (Wildman–Crippen MR) is 86.0 cm³/mol. The van der Waals surface area contributed by atoms with Crippen LogP contribution in [0.5, 0.6) is 0 Å². The van der Waals surface area contributed by atoms with Crippen LogP contribution in [0.25, 0.3) is 0 Å². The van der Waals surface area contributed by atoms with Crippen LogP contribution in [-0.4, -0.2) is 25.9 Å². The van der Waals surface area contributed by atoms with E-state index in [1.165, 1.54) is 0 Å². The van der Waals surface area contributed by atoms with E-state index < -0.39 is 10.0 Å². The highest BCUT2D eigenvalue weighted by molar-refractivity contribution is 7.88. The van der Waals surface area contributed by atoms with E-state index in [0.29, 0.717) is 24.0 Å². The summed E-state index contributed by atoms with van der Waals surface area (Å²) in [7, 11) is -3.43. The van der Waals surface area contributed by atoms with Crippen molar-refractivity contribution in [2.45, 2.75) is 25.0 Å². The molecule has 1 rings (SSSR count). The van der Waals surface area contributed by atoms with E-state index in [1.807, 2.05) is 0 Å². The van der Waals surface area contributed by atoms with Crippen LogP contribution in [0, 0.1) is 0 Å². The molecule has 0 radical (unpaired) electrons. The Bertz CT molecular complexity index is 615. The maximum atomic E-state index is 11.9. The molecule has 0 aliphatic rings. The fraction of sp³-hybridized carbons (Fsp3) is 0.385. The number of unbranched alkanes of at least 4 members (excludes halogenated alkanes) is 1. The molecule has 0 bridgehead atoms. The molecule has 116 valence electrons. The van der Waals surface area contributed by atoms with E-state index in [1.54, 1.807) is 24.3 Å². The van der Waals surface area contributed by atoms with Gasteiger partial charge in [-0.15, -0.1) is 0 Å². The molecular weight excluding hydrogens is 310 g/mol. The first-order valence-electron chi connectivity index (χ1n) is 6.44. The van der Waals surface area contributed by atoms with Crippen LogP contribution < -0.4 is 16.2 Å². The summed E-state index contributed by atoms with van der Waals surface area (Å²) in [6.45, 7) is 0.282. The number of benzene rings is 1. The summed E-state index contributed by atoms with van der Waals surface area (Å²) >= 11 is 4.86. The first-order valence-corrected chi connectivity index (χ1v) is 8.50. The molecule has 0 atom stereocenters. The molecule has 0 aliphatic heterocycles. The van der Waals surface area contributed by atoms with E-state index in [0.717, 1.165) is 0 Å². The molecule has 1 aromatic carbocycles. The third-order valence-corrected chi connectivity index (χ3v) is 4.33. The van der Waals surface area contributed by atoms with E-state index in [-0.39, 0.29) is 29.6 Å². The molecule has 8 heteroatoms. The van der Waals surface area contributed by atoms with E-state index in [4.69, 9.17) is 23.7 Å². The van der Waals surface area contributed by atoms with Crippen molar-refractivity contribution in [1.29, 1.82) is 0 Å². The zero-order valence-electron chi connectivity index (χ0n) is 11.5. The van der Waals surface area contributed by atoms with Gasteiger partial charge in [-0.25, -0.2) is 13.1 Å². The zero-order chi connectivity index (χ0) is 15.9. The summed E-state index contributed by atoms with van der Waals surface area (Å²) in [5.41, 5.74) is 11.8. The molecule has 0 spiro atoms. The lowest BCUT2D eigenvalue weighted by molar-refractivity contribution is -0.118. The molecule has 0 heterocycles. The van der Waals surface area contributed by atoms with Crippen molar-refractivity contribution < 1.29 is 13.2 Å². The van der Waals surface area contributed by atoms with Crippen molar-refractivity contribution in [1.82, 2.24) is 4.72 Å². The first-order chi connectivity index (χ1) is 9.80. The standard InChI is InChI=1S/C13H19N3O3S2/c14-12(17)6-1-2-7-16-21(18,19)9-10-4-3-5-11(8-10)13(15)20/h3-5,8,16H,1-2,6-7,9H2,(H2,14,17)(H2,15,20). The minimum Gasteiger partial charge on any atom is -0.389 e. The van der Waals surface area contributed by atoms with E-state index in [2.05, 4.69) is 4.72 Å².